The number of benzene rings is 1. The van der Waals surface area contributed by atoms with E-state index in [1.807, 2.05) is 0 Å². The van der Waals surface area contributed by atoms with Crippen LogP contribution in [0.2, 0.25) is 5.02 Å². The first kappa shape index (κ1) is 14.1. The standard InChI is InChI=1S/C13H12ClN3O3/c1-7-11(16-6-20-7)13(19)17-10-4-3-8(5-9(10)14)12(18)15-2/h3-6H,1-2H3,(H,15,18)(H,17,19). The number of carbonyl (C=O) groups is 2. The van der Waals surface area contributed by atoms with E-state index in [2.05, 4.69) is 15.6 Å². The van der Waals surface area contributed by atoms with Crippen LogP contribution in [-0.2, 0) is 0 Å². The molecule has 0 aliphatic heterocycles. The number of hydrogen-bond acceptors (Lipinski definition) is 4. The summed E-state index contributed by atoms with van der Waals surface area (Å²) in [5.74, 6) is -0.261. The number of nitrogens with one attached hydrogen (secondary N) is 2. The number of anilines is 1. The highest BCUT2D eigenvalue weighted by atomic mass is 35.5. The van der Waals surface area contributed by atoms with E-state index in [0.717, 1.165) is 0 Å². The molecule has 0 atom stereocenters. The molecule has 0 aliphatic rings. The van der Waals surface area contributed by atoms with Gasteiger partial charge >= 0.3 is 0 Å². The normalized spacial score (nSPS) is 10.2. The predicted molar refractivity (Wildman–Crippen MR) is 74.0 cm³/mol. The van der Waals surface area contributed by atoms with Crippen LogP contribution < -0.4 is 10.6 Å². The molecule has 7 heteroatoms. The van der Waals surface area contributed by atoms with Crippen LogP contribution in [0.3, 0.4) is 0 Å². The van der Waals surface area contributed by atoms with E-state index in [1.165, 1.54) is 19.5 Å². The number of aryl methyl sites for hydroxylation is 1. The quantitative estimate of drug-likeness (QED) is 0.909. The Labute approximate surface area is 120 Å². The van der Waals surface area contributed by atoms with Crippen molar-refractivity contribution in [2.24, 2.45) is 0 Å². The van der Waals surface area contributed by atoms with Crippen molar-refractivity contribution in [3.63, 3.8) is 0 Å². The number of oxazole rings is 1. The minimum absolute atomic E-state index is 0.191. The highest BCUT2D eigenvalue weighted by Gasteiger charge is 2.15. The van der Waals surface area contributed by atoms with E-state index >= 15 is 0 Å². The Morgan fingerprint density at radius 1 is 1.30 bits per heavy atom. The van der Waals surface area contributed by atoms with Gasteiger partial charge in [-0.1, -0.05) is 11.6 Å². The van der Waals surface area contributed by atoms with Crippen LogP contribution in [0.1, 0.15) is 26.6 Å². The number of carbonyl (C=O) groups excluding carboxylic acids is 2. The van der Waals surface area contributed by atoms with E-state index in [1.54, 1.807) is 19.1 Å². The Morgan fingerprint density at radius 3 is 2.60 bits per heavy atom. The average Bonchev–Trinajstić information content (AvgIpc) is 2.86. The summed E-state index contributed by atoms with van der Waals surface area (Å²) in [7, 11) is 1.53. The third-order valence-electron chi connectivity index (χ3n) is 2.67. The fraction of sp³-hybridized carbons (Fsp3) is 0.154. The van der Waals surface area contributed by atoms with Crippen molar-refractivity contribution in [1.29, 1.82) is 0 Å². The monoisotopic (exact) mass is 293 g/mol. The lowest BCUT2D eigenvalue weighted by Crippen LogP contribution is -2.18. The molecule has 0 fully saturated rings. The van der Waals surface area contributed by atoms with Gasteiger partial charge in [0.15, 0.2) is 12.1 Å². The Bertz CT molecular complexity index is 667. The van der Waals surface area contributed by atoms with Gasteiger partial charge in [-0.25, -0.2) is 4.98 Å². The zero-order chi connectivity index (χ0) is 14.7. The van der Waals surface area contributed by atoms with Gasteiger partial charge in [-0.15, -0.1) is 0 Å². The molecule has 2 amide bonds. The summed E-state index contributed by atoms with van der Waals surface area (Å²) in [5, 5.41) is 5.37. The maximum absolute atomic E-state index is 12.0. The fourth-order valence-corrected chi connectivity index (χ4v) is 1.83. The summed E-state index contributed by atoms with van der Waals surface area (Å²) >= 11 is 6.04. The van der Waals surface area contributed by atoms with Gasteiger partial charge in [0.1, 0.15) is 5.76 Å². The minimum Gasteiger partial charge on any atom is -0.448 e. The molecule has 1 heterocycles. The molecule has 1 aromatic carbocycles. The molecule has 20 heavy (non-hydrogen) atoms. The van der Waals surface area contributed by atoms with Gasteiger partial charge < -0.3 is 15.1 Å². The highest BCUT2D eigenvalue weighted by molar-refractivity contribution is 6.34. The third-order valence-corrected chi connectivity index (χ3v) is 2.98. The van der Waals surface area contributed by atoms with E-state index in [0.29, 0.717) is 17.0 Å². The molecular weight excluding hydrogens is 282 g/mol. The molecule has 0 saturated carbocycles. The molecule has 104 valence electrons. The van der Waals surface area contributed by atoms with E-state index in [4.69, 9.17) is 16.0 Å². The SMILES string of the molecule is CNC(=O)c1ccc(NC(=O)c2ncoc2C)c(Cl)c1. The van der Waals surface area contributed by atoms with Crippen LogP contribution >= 0.6 is 11.6 Å². The van der Waals surface area contributed by atoms with Crippen molar-refractivity contribution in [3.8, 4) is 0 Å². The maximum atomic E-state index is 12.0. The smallest absolute Gasteiger partial charge is 0.277 e. The Balaban J connectivity index is 2.20. The van der Waals surface area contributed by atoms with E-state index in [9.17, 15) is 9.59 Å². The van der Waals surface area contributed by atoms with Crippen LogP contribution in [-0.4, -0.2) is 23.8 Å². The van der Waals surface area contributed by atoms with E-state index < -0.39 is 5.91 Å². The van der Waals surface area contributed by atoms with E-state index in [-0.39, 0.29) is 16.6 Å². The Hall–Kier alpha value is -2.34. The second-order valence-electron chi connectivity index (χ2n) is 3.99. The van der Waals surface area contributed by atoms with Gasteiger partial charge in [-0.3, -0.25) is 9.59 Å². The van der Waals surface area contributed by atoms with Crippen molar-refractivity contribution < 1.29 is 14.0 Å². The van der Waals surface area contributed by atoms with Gasteiger partial charge in [0, 0.05) is 12.6 Å². The van der Waals surface area contributed by atoms with Gasteiger partial charge in [-0.05, 0) is 25.1 Å². The Morgan fingerprint density at radius 2 is 2.05 bits per heavy atom. The zero-order valence-electron chi connectivity index (χ0n) is 10.9. The maximum Gasteiger partial charge on any atom is 0.277 e. The topological polar surface area (TPSA) is 84.2 Å². The molecule has 6 nitrogen and oxygen atoms in total. The summed E-state index contributed by atoms with van der Waals surface area (Å²) in [4.78, 5) is 27.2. The molecule has 0 aliphatic carbocycles. The van der Waals surface area contributed by atoms with Crippen LogP contribution in [0.15, 0.2) is 29.0 Å². The fourth-order valence-electron chi connectivity index (χ4n) is 1.61. The molecular formula is C13H12ClN3O3. The lowest BCUT2D eigenvalue weighted by molar-refractivity contribution is 0.0962. The lowest BCUT2D eigenvalue weighted by atomic mass is 10.2. The number of hydrogen-bond donors (Lipinski definition) is 2. The predicted octanol–water partition coefficient (Wildman–Crippen LogP) is 2.25. The van der Waals surface area contributed by atoms with Crippen LogP contribution in [0.5, 0.6) is 0 Å². The largest absolute Gasteiger partial charge is 0.448 e. The number of aromatic nitrogens is 1. The van der Waals surface area contributed by atoms with Gasteiger partial charge in [-0.2, -0.15) is 0 Å². The average molecular weight is 294 g/mol. The molecule has 0 bridgehead atoms. The van der Waals surface area contributed by atoms with Crippen LogP contribution in [0, 0.1) is 6.92 Å². The van der Waals surface area contributed by atoms with Crippen molar-refractivity contribution in [2.45, 2.75) is 6.92 Å². The first-order chi connectivity index (χ1) is 9.52. The van der Waals surface area contributed by atoms with Crippen LogP contribution in [0.25, 0.3) is 0 Å². The Kier molecular flexibility index (Phi) is 4.05. The van der Waals surface area contributed by atoms with Gasteiger partial charge in [0.25, 0.3) is 11.8 Å². The molecule has 2 aromatic rings. The highest BCUT2D eigenvalue weighted by Crippen LogP contribution is 2.23. The molecule has 0 radical (unpaired) electrons. The number of nitrogens with zero attached hydrogens (tertiary/aromatic N) is 1. The van der Waals surface area contributed by atoms with Crippen molar-refractivity contribution in [2.75, 3.05) is 12.4 Å². The summed E-state index contributed by atoms with van der Waals surface area (Å²) in [6.07, 6.45) is 1.19. The lowest BCUT2D eigenvalue weighted by Gasteiger charge is -2.07. The molecule has 1 aromatic heterocycles. The number of halogens is 1. The summed E-state index contributed by atoms with van der Waals surface area (Å²) < 4.78 is 4.96. The first-order valence-electron chi connectivity index (χ1n) is 5.76. The number of rotatable bonds is 3. The van der Waals surface area contributed by atoms with Crippen molar-refractivity contribution >= 4 is 29.1 Å². The van der Waals surface area contributed by atoms with Gasteiger partial charge in [0.05, 0.1) is 10.7 Å². The summed E-state index contributed by atoms with van der Waals surface area (Å²) in [6, 6.07) is 4.60. The summed E-state index contributed by atoms with van der Waals surface area (Å²) in [6.45, 7) is 1.64. The second-order valence-corrected chi connectivity index (χ2v) is 4.39. The molecule has 0 spiro atoms. The number of amides is 2. The van der Waals surface area contributed by atoms with Gasteiger partial charge in [0.2, 0.25) is 0 Å². The minimum atomic E-state index is -0.425. The van der Waals surface area contributed by atoms with Crippen LogP contribution in [0.4, 0.5) is 5.69 Å². The molecule has 0 saturated heterocycles. The van der Waals surface area contributed by atoms with Crippen molar-refractivity contribution in [1.82, 2.24) is 10.3 Å². The first-order valence-corrected chi connectivity index (χ1v) is 6.13. The van der Waals surface area contributed by atoms with Crippen molar-refractivity contribution in [3.05, 3.63) is 46.6 Å². The summed E-state index contributed by atoms with van der Waals surface area (Å²) in [5.41, 5.74) is 0.997. The molecule has 0 unspecified atom stereocenters. The molecule has 2 N–H and O–H groups in total. The molecule has 2 rings (SSSR count). The third kappa shape index (κ3) is 2.80. The second kappa shape index (κ2) is 5.75. The zero-order valence-corrected chi connectivity index (χ0v) is 11.6.